The number of benzene rings is 3. The second kappa shape index (κ2) is 9.07. The van der Waals surface area contributed by atoms with E-state index in [0.29, 0.717) is 24.4 Å². The molecular formula is C29H29N3O4. The summed E-state index contributed by atoms with van der Waals surface area (Å²) >= 11 is 0. The molecule has 36 heavy (non-hydrogen) atoms. The summed E-state index contributed by atoms with van der Waals surface area (Å²) in [4.78, 5) is 32.4. The molecule has 2 aliphatic rings. The number of hydrogen-bond acceptors (Lipinski definition) is 6. The lowest BCUT2D eigenvalue weighted by atomic mass is 9.94. The lowest BCUT2D eigenvalue weighted by Gasteiger charge is -2.28. The molecule has 0 aliphatic carbocycles. The number of nitrogens with zero attached hydrogens (tertiary/aromatic N) is 3. The first-order valence-corrected chi connectivity index (χ1v) is 11.9. The van der Waals surface area contributed by atoms with Gasteiger partial charge in [-0.15, -0.1) is 0 Å². The third-order valence-corrected chi connectivity index (χ3v) is 6.78. The molecule has 1 saturated heterocycles. The van der Waals surface area contributed by atoms with E-state index in [1.54, 1.807) is 18.2 Å². The van der Waals surface area contributed by atoms with E-state index in [0.717, 1.165) is 28.3 Å². The maximum Gasteiger partial charge on any atom is 0.300 e. The molecule has 184 valence electrons. The lowest BCUT2D eigenvalue weighted by molar-refractivity contribution is -0.132. The minimum atomic E-state index is -0.770. The van der Waals surface area contributed by atoms with Crippen LogP contribution in [0, 0.1) is 6.92 Å². The van der Waals surface area contributed by atoms with Crippen LogP contribution in [0.5, 0.6) is 5.75 Å². The first kappa shape index (κ1) is 23.5. The summed E-state index contributed by atoms with van der Waals surface area (Å²) in [5, 5.41) is 11.5. The summed E-state index contributed by atoms with van der Waals surface area (Å²) in [6, 6.07) is 19.7. The molecule has 2 heterocycles. The lowest BCUT2D eigenvalue weighted by Crippen LogP contribution is -2.29. The normalized spacial score (nSPS) is 18.7. The molecule has 7 nitrogen and oxygen atoms in total. The quantitative estimate of drug-likeness (QED) is 0.334. The monoisotopic (exact) mass is 483 g/mol. The van der Waals surface area contributed by atoms with Crippen molar-refractivity contribution in [3.63, 3.8) is 0 Å². The van der Waals surface area contributed by atoms with Crippen LogP contribution in [0.4, 0.5) is 17.1 Å². The van der Waals surface area contributed by atoms with Crippen molar-refractivity contribution in [1.82, 2.24) is 0 Å². The van der Waals surface area contributed by atoms with Gasteiger partial charge in [0.15, 0.2) is 0 Å². The molecule has 0 radical (unpaired) electrons. The molecule has 1 unspecified atom stereocenters. The van der Waals surface area contributed by atoms with E-state index in [1.165, 1.54) is 4.90 Å². The number of amides is 1. The number of carbonyl (C=O) groups excluding carboxylic acids is 2. The number of carbonyl (C=O) groups is 2. The third kappa shape index (κ3) is 3.96. The molecule has 3 aromatic rings. The van der Waals surface area contributed by atoms with E-state index in [-0.39, 0.29) is 11.3 Å². The Hall–Kier alpha value is -4.26. The van der Waals surface area contributed by atoms with Crippen molar-refractivity contribution < 1.29 is 19.4 Å². The van der Waals surface area contributed by atoms with Gasteiger partial charge in [0.2, 0.25) is 0 Å². The van der Waals surface area contributed by atoms with Crippen LogP contribution in [0.15, 0.2) is 72.3 Å². The van der Waals surface area contributed by atoms with Crippen LogP contribution in [-0.4, -0.2) is 51.1 Å². The van der Waals surface area contributed by atoms with Crippen molar-refractivity contribution in [2.75, 3.05) is 49.0 Å². The van der Waals surface area contributed by atoms with Crippen molar-refractivity contribution in [2.24, 2.45) is 0 Å². The van der Waals surface area contributed by atoms with Crippen LogP contribution in [0.2, 0.25) is 0 Å². The number of aliphatic hydroxyl groups is 1. The second-order valence-corrected chi connectivity index (χ2v) is 9.45. The topological polar surface area (TPSA) is 73.3 Å². The highest BCUT2D eigenvalue weighted by atomic mass is 16.5. The highest BCUT2D eigenvalue weighted by Crippen LogP contribution is 2.43. The van der Waals surface area contributed by atoms with Crippen LogP contribution < -0.4 is 19.4 Å². The van der Waals surface area contributed by atoms with E-state index in [9.17, 15) is 14.7 Å². The molecule has 5 rings (SSSR count). The van der Waals surface area contributed by atoms with E-state index < -0.39 is 17.7 Å². The van der Waals surface area contributed by atoms with Crippen molar-refractivity contribution in [3.05, 3.63) is 89.0 Å². The van der Waals surface area contributed by atoms with E-state index in [1.807, 2.05) is 86.4 Å². The summed E-state index contributed by atoms with van der Waals surface area (Å²) in [7, 11) is 5.85. The number of aliphatic hydroxyl groups excluding tert-OH is 1. The Bertz CT molecular complexity index is 1380. The number of likely N-dealkylation sites (N-methyl/N-ethyl adjacent to an activating group) is 1. The molecule has 7 heteroatoms. The average molecular weight is 484 g/mol. The number of Topliss-reactive ketones (excluding diaryl/α,β-unsaturated/α-hetero) is 1. The minimum Gasteiger partial charge on any atom is -0.507 e. The van der Waals surface area contributed by atoms with Gasteiger partial charge in [-0.2, -0.15) is 0 Å². The molecule has 2 aliphatic heterocycles. The van der Waals surface area contributed by atoms with Gasteiger partial charge in [-0.05, 0) is 60.5 Å². The SMILES string of the molecule is Cc1cccc(N2C(=O)C(=O)/C(=C(\O)c3ccc4c(c3)N(C)CCO4)C2c2ccc(N(C)C)cc2)c1. The highest BCUT2D eigenvalue weighted by molar-refractivity contribution is 6.51. The number of ketones is 1. The van der Waals surface area contributed by atoms with E-state index in [2.05, 4.69) is 0 Å². The third-order valence-electron chi connectivity index (χ3n) is 6.78. The van der Waals surface area contributed by atoms with Crippen LogP contribution >= 0.6 is 0 Å². The maximum atomic E-state index is 13.4. The largest absolute Gasteiger partial charge is 0.507 e. The number of fused-ring (bicyclic) bond motifs is 1. The van der Waals surface area contributed by atoms with Crippen molar-refractivity contribution >= 4 is 34.5 Å². The number of ether oxygens (including phenoxy) is 1. The predicted octanol–water partition coefficient (Wildman–Crippen LogP) is 4.52. The van der Waals surface area contributed by atoms with Crippen molar-refractivity contribution in [1.29, 1.82) is 0 Å². The van der Waals surface area contributed by atoms with E-state index in [4.69, 9.17) is 4.74 Å². The number of hydrogen-bond donors (Lipinski definition) is 1. The van der Waals surface area contributed by atoms with Gasteiger partial charge in [-0.1, -0.05) is 24.3 Å². The van der Waals surface area contributed by atoms with Gasteiger partial charge in [0.25, 0.3) is 11.7 Å². The van der Waals surface area contributed by atoms with Gasteiger partial charge < -0.3 is 19.6 Å². The first-order valence-electron chi connectivity index (χ1n) is 11.9. The summed E-state index contributed by atoms with van der Waals surface area (Å²) < 4.78 is 5.73. The van der Waals surface area contributed by atoms with E-state index >= 15 is 0 Å². The minimum absolute atomic E-state index is 0.0680. The summed E-state index contributed by atoms with van der Waals surface area (Å²) in [6.45, 7) is 3.24. The molecule has 0 bridgehead atoms. The molecule has 1 N–H and O–H groups in total. The fourth-order valence-electron chi connectivity index (χ4n) is 4.80. The maximum absolute atomic E-state index is 13.4. The van der Waals surface area contributed by atoms with Gasteiger partial charge >= 0.3 is 0 Å². The zero-order valence-corrected chi connectivity index (χ0v) is 20.9. The van der Waals surface area contributed by atoms with Gasteiger partial charge in [-0.3, -0.25) is 14.5 Å². The number of rotatable bonds is 4. The van der Waals surface area contributed by atoms with Crippen molar-refractivity contribution in [2.45, 2.75) is 13.0 Å². The van der Waals surface area contributed by atoms with Crippen LogP contribution in [0.1, 0.15) is 22.7 Å². The molecule has 0 saturated carbocycles. The smallest absolute Gasteiger partial charge is 0.300 e. The summed E-state index contributed by atoms with van der Waals surface area (Å²) in [5.41, 5.74) is 4.65. The van der Waals surface area contributed by atoms with Gasteiger partial charge in [0.05, 0.1) is 23.8 Å². The Balaban J connectivity index is 1.69. The zero-order valence-electron chi connectivity index (χ0n) is 20.9. The summed E-state index contributed by atoms with van der Waals surface area (Å²) in [6.07, 6.45) is 0. The van der Waals surface area contributed by atoms with Gasteiger partial charge in [0.1, 0.15) is 18.1 Å². The summed E-state index contributed by atoms with van der Waals surface area (Å²) in [5.74, 6) is -0.858. The molecule has 1 atom stereocenters. The Morgan fingerprint density at radius 1 is 1.03 bits per heavy atom. The fraction of sp³-hybridized carbons (Fsp3) is 0.241. The zero-order chi connectivity index (χ0) is 25.6. The second-order valence-electron chi connectivity index (χ2n) is 9.45. The number of aryl methyl sites for hydroxylation is 1. The first-order chi connectivity index (χ1) is 17.3. The molecule has 1 amide bonds. The molecule has 1 fully saturated rings. The van der Waals surface area contributed by atoms with Gasteiger partial charge in [0, 0.05) is 38.1 Å². The Morgan fingerprint density at radius 3 is 2.47 bits per heavy atom. The van der Waals surface area contributed by atoms with Gasteiger partial charge in [-0.25, -0.2) is 0 Å². The fourth-order valence-corrected chi connectivity index (χ4v) is 4.80. The van der Waals surface area contributed by atoms with Crippen LogP contribution in [0.25, 0.3) is 5.76 Å². The predicted molar refractivity (Wildman–Crippen MR) is 142 cm³/mol. The standard InChI is InChI=1S/C29H29N3O4/c1-18-6-5-7-22(16-18)32-26(19-8-11-21(12-9-19)30(2)3)25(28(34)29(32)35)27(33)20-10-13-24-23(17-20)31(4)14-15-36-24/h5-13,16-17,26,33H,14-15H2,1-4H3/b27-25-. The number of anilines is 3. The van der Waals surface area contributed by atoms with Crippen LogP contribution in [0.3, 0.4) is 0 Å². The Kier molecular flexibility index (Phi) is 5.92. The molecule has 3 aromatic carbocycles. The molecule has 0 aromatic heterocycles. The van der Waals surface area contributed by atoms with Crippen molar-refractivity contribution in [3.8, 4) is 5.75 Å². The Labute approximate surface area is 210 Å². The molecule has 0 spiro atoms. The average Bonchev–Trinajstić information content (AvgIpc) is 3.14. The molecular weight excluding hydrogens is 454 g/mol. The highest BCUT2D eigenvalue weighted by Gasteiger charge is 2.47. The Morgan fingerprint density at radius 2 is 1.78 bits per heavy atom. The van der Waals surface area contributed by atoms with Crippen LogP contribution in [-0.2, 0) is 9.59 Å².